The SMILES string of the molecule is Ic1ccc(C#CC2C=CC=C2)cc1. The van der Waals surface area contributed by atoms with Crippen molar-refractivity contribution in [3.63, 3.8) is 0 Å². The highest BCUT2D eigenvalue weighted by molar-refractivity contribution is 14.1. The molecule has 2 rings (SSSR count). The zero-order chi connectivity index (χ0) is 9.80. The Labute approximate surface area is 97.9 Å². The average Bonchev–Trinajstić information content (AvgIpc) is 2.70. The quantitative estimate of drug-likeness (QED) is 0.508. The van der Waals surface area contributed by atoms with E-state index in [0.29, 0.717) is 5.92 Å². The molecule has 0 heterocycles. The van der Waals surface area contributed by atoms with Crippen LogP contribution in [-0.4, -0.2) is 0 Å². The number of benzene rings is 1. The second kappa shape index (κ2) is 4.47. The Morgan fingerprint density at radius 1 is 1.00 bits per heavy atom. The van der Waals surface area contributed by atoms with Crippen molar-refractivity contribution in [2.45, 2.75) is 0 Å². The molecule has 1 aliphatic carbocycles. The maximum atomic E-state index is 3.19. The lowest BCUT2D eigenvalue weighted by atomic mass is 10.1. The van der Waals surface area contributed by atoms with Gasteiger partial charge in [-0.3, -0.25) is 0 Å². The number of halogens is 1. The molecule has 0 radical (unpaired) electrons. The topological polar surface area (TPSA) is 0 Å². The van der Waals surface area contributed by atoms with Crippen molar-refractivity contribution >= 4 is 22.6 Å². The first-order valence-corrected chi connectivity index (χ1v) is 5.54. The largest absolute Gasteiger partial charge is 0.0861 e. The van der Waals surface area contributed by atoms with E-state index in [0.717, 1.165) is 5.56 Å². The van der Waals surface area contributed by atoms with E-state index in [2.05, 4.69) is 70.8 Å². The second-order valence-electron chi connectivity index (χ2n) is 3.07. The van der Waals surface area contributed by atoms with E-state index in [4.69, 9.17) is 0 Å². The zero-order valence-corrected chi connectivity index (χ0v) is 9.73. The highest BCUT2D eigenvalue weighted by Crippen LogP contribution is 2.08. The molecule has 0 aliphatic heterocycles. The van der Waals surface area contributed by atoms with E-state index in [9.17, 15) is 0 Å². The van der Waals surface area contributed by atoms with E-state index in [1.54, 1.807) is 0 Å². The van der Waals surface area contributed by atoms with Gasteiger partial charge in [-0.05, 0) is 46.9 Å². The van der Waals surface area contributed by atoms with E-state index in [-0.39, 0.29) is 0 Å². The smallest absolute Gasteiger partial charge is 0.0573 e. The van der Waals surface area contributed by atoms with Crippen molar-refractivity contribution < 1.29 is 0 Å². The maximum absolute atomic E-state index is 3.19. The van der Waals surface area contributed by atoms with Crippen LogP contribution in [0.4, 0.5) is 0 Å². The van der Waals surface area contributed by atoms with E-state index in [1.165, 1.54) is 3.57 Å². The van der Waals surface area contributed by atoms with E-state index >= 15 is 0 Å². The minimum absolute atomic E-state index is 0.300. The Morgan fingerprint density at radius 2 is 1.64 bits per heavy atom. The molecule has 1 aromatic rings. The summed E-state index contributed by atoms with van der Waals surface area (Å²) in [7, 11) is 0. The van der Waals surface area contributed by atoms with Gasteiger partial charge in [-0.15, -0.1) is 0 Å². The fourth-order valence-electron chi connectivity index (χ4n) is 1.23. The van der Waals surface area contributed by atoms with Crippen LogP contribution in [0, 0.1) is 21.3 Å². The van der Waals surface area contributed by atoms with Gasteiger partial charge in [0.15, 0.2) is 0 Å². The van der Waals surface area contributed by atoms with Crippen LogP contribution in [0.15, 0.2) is 48.6 Å². The normalized spacial score (nSPS) is 14.1. The van der Waals surface area contributed by atoms with Crippen LogP contribution >= 0.6 is 22.6 Å². The van der Waals surface area contributed by atoms with Gasteiger partial charge >= 0.3 is 0 Å². The Balaban J connectivity index is 2.13. The molecular formula is C13H9I. The molecule has 0 saturated heterocycles. The van der Waals surface area contributed by atoms with Crippen molar-refractivity contribution in [3.8, 4) is 11.8 Å². The van der Waals surface area contributed by atoms with Crippen LogP contribution in [0.2, 0.25) is 0 Å². The van der Waals surface area contributed by atoms with Crippen LogP contribution in [0.3, 0.4) is 0 Å². The molecule has 1 aliphatic rings. The minimum Gasteiger partial charge on any atom is -0.0861 e. The molecule has 1 aromatic carbocycles. The van der Waals surface area contributed by atoms with Crippen molar-refractivity contribution in [1.82, 2.24) is 0 Å². The molecule has 0 N–H and O–H groups in total. The predicted molar refractivity (Wildman–Crippen MR) is 67.8 cm³/mol. The number of hydrogen-bond acceptors (Lipinski definition) is 0. The molecule has 0 nitrogen and oxygen atoms in total. The summed E-state index contributed by atoms with van der Waals surface area (Å²) in [5, 5.41) is 0. The monoisotopic (exact) mass is 292 g/mol. The van der Waals surface area contributed by atoms with Gasteiger partial charge in [0.25, 0.3) is 0 Å². The first-order valence-electron chi connectivity index (χ1n) is 4.47. The lowest BCUT2D eigenvalue weighted by Gasteiger charge is -1.92. The highest BCUT2D eigenvalue weighted by atomic mass is 127. The van der Waals surface area contributed by atoms with Gasteiger partial charge in [0.05, 0.1) is 5.92 Å². The van der Waals surface area contributed by atoms with Crippen molar-refractivity contribution in [2.24, 2.45) is 5.92 Å². The van der Waals surface area contributed by atoms with Crippen molar-refractivity contribution in [1.29, 1.82) is 0 Å². The standard InChI is InChI=1S/C13H9I/c14-13-9-7-12(8-10-13)6-5-11-3-1-2-4-11/h1-4,7-11H. The maximum Gasteiger partial charge on any atom is 0.0573 e. The number of allylic oxidation sites excluding steroid dienone is 4. The third kappa shape index (κ3) is 2.49. The number of rotatable bonds is 0. The summed E-state index contributed by atoms with van der Waals surface area (Å²) < 4.78 is 1.24. The third-order valence-electron chi connectivity index (χ3n) is 1.98. The summed E-state index contributed by atoms with van der Waals surface area (Å²) in [5.41, 5.74) is 1.08. The lowest BCUT2D eigenvalue weighted by molar-refractivity contribution is 1.15. The Kier molecular flexibility index (Phi) is 3.05. The third-order valence-corrected chi connectivity index (χ3v) is 2.69. The van der Waals surface area contributed by atoms with Gasteiger partial charge in [0.2, 0.25) is 0 Å². The Bertz CT molecular complexity index is 415. The van der Waals surface area contributed by atoms with Crippen LogP contribution in [0.5, 0.6) is 0 Å². The van der Waals surface area contributed by atoms with Gasteiger partial charge in [0.1, 0.15) is 0 Å². The Morgan fingerprint density at radius 3 is 2.29 bits per heavy atom. The molecule has 0 aromatic heterocycles. The molecule has 0 fully saturated rings. The van der Waals surface area contributed by atoms with E-state index < -0.39 is 0 Å². The van der Waals surface area contributed by atoms with Crippen LogP contribution < -0.4 is 0 Å². The lowest BCUT2D eigenvalue weighted by Crippen LogP contribution is -1.82. The number of hydrogen-bond donors (Lipinski definition) is 0. The van der Waals surface area contributed by atoms with Crippen LogP contribution in [0.1, 0.15) is 5.56 Å². The predicted octanol–water partition coefficient (Wildman–Crippen LogP) is 3.38. The molecule has 0 saturated carbocycles. The first-order chi connectivity index (χ1) is 6.84. The molecule has 1 heteroatoms. The fraction of sp³-hybridized carbons (Fsp3) is 0.0769. The summed E-state index contributed by atoms with van der Waals surface area (Å²) in [5.74, 6) is 6.65. The van der Waals surface area contributed by atoms with Gasteiger partial charge in [0, 0.05) is 9.13 Å². The summed E-state index contributed by atoms with van der Waals surface area (Å²) in [6, 6.07) is 8.25. The second-order valence-corrected chi connectivity index (χ2v) is 4.32. The molecule has 0 amide bonds. The molecule has 0 bridgehead atoms. The van der Waals surface area contributed by atoms with Crippen molar-refractivity contribution in [3.05, 3.63) is 57.7 Å². The van der Waals surface area contributed by atoms with Gasteiger partial charge in [-0.1, -0.05) is 36.1 Å². The molecule has 14 heavy (non-hydrogen) atoms. The summed E-state index contributed by atoms with van der Waals surface area (Å²) >= 11 is 2.29. The summed E-state index contributed by atoms with van der Waals surface area (Å²) in [6.07, 6.45) is 8.26. The van der Waals surface area contributed by atoms with Gasteiger partial charge < -0.3 is 0 Å². The average molecular weight is 292 g/mol. The molecule has 0 unspecified atom stereocenters. The van der Waals surface area contributed by atoms with Gasteiger partial charge in [-0.25, -0.2) is 0 Å². The van der Waals surface area contributed by atoms with E-state index in [1.807, 2.05) is 12.2 Å². The van der Waals surface area contributed by atoms with Crippen LogP contribution in [-0.2, 0) is 0 Å². The molecule has 68 valence electrons. The highest BCUT2D eigenvalue weighted by Gasteiger charge is 1.96. The molecule has 0 atom stereocenters. The zero-order valence-electron chi connectivity index (χ0n) is 7.57. The minimum atomic E-state index is 0.300. The Hall–Kier alpha value is -1.01. The molecule has 0 spiro atoms. The molecular weight excluding hydrogens is 283 g/mol. The fourth-order valence-corrected chi connectivity index (χ4v) is 1.59. The first kappa shape index (κ1) is 9.54. The van der Waals surface area contributed by atoms with Gasteiger partial charge in [-0.2, -0.15) is 0 Å². The summed E-state index contributed by atoms with van der Waals surface area (Å²) in [4.78, 5) is 0. The van der Waals surface area contributed by atoms with Crippen molar-refractivity contribution in [2.75, 3.05) is 0 Å². The summed E-state index contributed by atoms with van der Waals surface area (Å²) in [6.45, 7) is 0. The van der Waals surface area contributed by atoms with Crippen LogP contribution in [0.25, 0.3) is 0 Å².